The average molecular weight is 250 g/mol. The highest BCUT2D eigenvalue weighted by Gasteiger charge is 2.08. The van der Waals surface area contributed by atoms with Gasteiger partial charge < -0.3 is 4.84 Å². The van der Waals surface area contributed by atoms with Crippen LogP contribution in [0.4, 0.5) is 0 Å². The SMILES string of the molecule is CON=C(C)c1ccnn1-c1cccc(Cl)c1. The zero-order valence-corrected chi connectivity index (χ0v) is 10.3. The molecule has 2 aromatic rings. The lowest BCUT2D eigenvalue weighted by Crippen LogP contribution is -2.07. The Labute approximate surface area is 104 Å². The summed E-state index contributed by atoms with van der Waals surface area (Å²) in [5, 5.41) is 8.82. The fourth-order valence-corrected chi connectivity index (χ4v) is 1.76. The molecular formula is C12H12ClN3O. The van der Waals surface area contributed by atoms with Crippen LogP contribution in [-0.2, 0) is 4.84 Å². The second-order valence-corrected chi connectivity index (χ2v) is 3.90. The van der Waals surface area contributed by atoms with Crippen molar-refractivity contribution in [2.75, 3.05) is 7.11 Å². The second-order valence-electron chi connectivity index (χ2n) is 3.47. The molecule has 0 spiro atoms. The summed E-state index contributed by atoms with van der Waals surface area (Å²) in [7, 11) is 1.52. The Morgan fingerprint density at radius 1 is 1.41 bits per heavy atom. The summed E-state index contributed by atoms with van der Waals surface area (Å²) in [6.45, 7) is 1.86. The zero-order valence-electron chi connectivity index (χ0n) is 9.59. The van der Waals surface area contributed by atoms with E-state index in [0.29, 0.717) is 5.02 Å². The topological polar surface area (TPSA) is 39.4 Å². The van der Waals surface area contributed by atoms with E-state index in [4.69, 9.17) is 16.4 Å². The van der Waals surface area contributed by atoms with Crippen LogP contribution in [0, 0.1) is 0 Å². The molecule has 0 atom stereocenters. The maximum atomic E-state index is 5.96. The molecule has 5 heteroatoms. The minimum Gasteiger partial charge on any atom is -0.399 e. The molecule has 0 fully saturated rings. The number of hydrogen-bond donors (Lipinski definition) is 0. The van der Waals surface area contributed by atoms with Gasteiger partial charge in [-0.2, -0.15) is 5.10 Å². The number of benzene rings is 1. The lowest BCUT2D eigenvalue weighted by atomic mass is 10.2. The van der Waals surface area contributed by atoms with E-state index in [0.717, 1.165) is 17.1 Å². The summed E-state index contributed by atoms with van der Waals surface area (Å²) in [5.41, 5.74) is 2.52. The molecule has 0 aliphatic carbocycles. The van der Waals surface area contributed by atoms with Gasteiger partial charge in [0.1, 0.15) is 12.8 Å². The normalized spacial score (nSPS) is 11.6. The number of halogens is 1. The van der Waals surface area contributed by atoms with Crippen molar-refractivity contribution < 1.29 is 4.84 Å². The lowest BCUT2D eigenvalue weighted by molar-refractivity contribution is 0.213. The maximum Gasteiger partial charge on any atom is 0.106 e. The summed E-state index contributed by atoms with van der Waals surface area (Å²) in [5.74, 6) is 0. The number of hydrogen-bond acceptors (Lipinski definition) is 3. The van der Waals surface area contributed by atoms with E-state index < -0.39 is 0 Å². The first-order valence-corrected chi connectivity index (χ1v) is 5.48. The third kappa shape index (κ3) is 2.47. The van der Waals surface area contributed by atoms with E-state index in [9.17, 15) is 0 Å². The van der Waals surface area contributed by atoms with Gasteiger partial charge in [0.05, 0.1) is 17.6 Å². The first-order valence-electron chi connectivity index (χ1n) is 5.10. The summed E-state index contributed by atoms with van der Waals surface area (Å²) in [6.07, 6.45) is 1.71. The van der Waals surface area contributed by atoms with Crippen molar-refractivity contribution in [2.45, 2.75) is 6.92 Å². The van der Waals surface area contributed by atoms with Crippen molar-refractivity contribution in [1.82, 2.24) is 9.78 Å². The molecule has 2 rings (SSSR count). The van der Waals surface area contributed by atoms with Crippen LogP contribution in [0.5, 0.6) is 0 Å². The van der Waals surface area contributed by atoms with Gasteiger partial charge in [0.25, 0.3) is 0 Å². The molecule has 0 aliphatic rings. The Balaban J connectivity index is 2.47. The van der Waals surface area contributed by atoms with Crippen LogP contribution in [-0.4, -0.2) is 22.6 Å². The van der Waals surface area contributed by atoms with Crippen molar-refractivity contribution in [2.24, 2.45) is 5.16 Å². The molecule has 1 aromatic heterocycles. The van der Waals surface area contributed by atoms with Gasteiger partial charge in [0, 0.05) is 5.02 Å². The van der Waals surface area contributed by atoms with Crippen LogP contribution in [0.2, 0.25) is 5.02 Å². The highest BCUT2D eigenvalue weighted by atomic mass is 35.5. The standard InChI is InChI=1S/C12H12ClN3O/c1-9(15-17-2)12-6-7-14-16(12)11-5-3-4-10(13)8-11/h3-8H,1-2H3. The third-order valence-corrected chi connectivity index (χ3v) is 2.53. The monoisotopic (exact) mass is 249 g/mol. The van der Waals surface area contributed by atoms with Crippen LogP contribution in [0.15, 0.2) is 41.7 Å². The molecule has 1 heterocycles. The van der Waals surface area contributed by atoms with Crippen LogP contribution >= 0.6 is 11.6 Å². The predicted octanol–water partition coefficient (Wildman–Crippen LogP) is 2.90. The molecule has 1 aromatic carbocycles. The van der Waals surface area contributed by atoms with Crippen LogP contribution in [0.3, 0.4) is 0 Å². The molecule has 0 unspecified atom stereocenters. The smallest absolute Gasteiger partial charge is 0.106 e. The van der Waals surface area contributed by atoms with Crippen molar-refractivity contribution >= 4 is 17.3 Å². The first-order chi connectivity index (χ1) is 8.22. The lowest BCUT2D eigenvalue weighted by Gasteiger charge is -2.06. The first kappa shape index (κ1) is 11.7. The maximum absolute atomic E-state index is 5.96. The minimum atomic E-state index is 0.672. The molecule has 0 bridgehead atoms. The van der Waals surface area contributed by atoms with Gasteiger partial charge in [-0.25, -0.2) is 4.68 Å². The molecule has 0 amide bonds. The van der Waals surface area contributed by atoms with Gasteiger partial charge in [0.15, 0.2) is 0 Å². The highest BCUT2D eigenvalue weighted by molar-refractivity contribution is 6.30. The van der Waals surface area contributed by atoms with Gasteiger partial charge in [-0.05, 0) is 31.2 Å². The van der Waals surface area contributed by atoms with E-state index in [1.54, 1.807) is 10.9 Å². The quantitative estimate of drug-likeness (QED) is 0.620. The molecule has 0 radical (unpaired) electrons. The highest BCUT2D eigenvalue weighted by Crippen LogP contribution is 2.16. The van der Waals surface area contributed by atoms with Gasteiger partial charge in [0.2, 0.25) is 0 Å². The van der Waals surface area contributed by atoms with E-state index in [2.05, 4.69) is 10.3 Å². The summed E-state index contributed by atoms with van der Waals surface area (Å²) < 4.78 is 1.77. The Kier molecular flexibility index (Phi) is 3.44. The molecular weight excluding hydrogens is 238 g/mol. The van der Waals surface area contributed by atoms with Gasteiger partial charge in [-0.3, -0.25) is 0 Å². The second kappa shape index (κ2) is 5.01. The molecule has 88 valence electrons. The van der Waals surface area contributed by atoms with E-state index >= 15 is 0 Å². The Bertz CT molecular complexity index is 548. The molecule has 17 heavy (non-hydrogen) atoms. The number of oxime groups is 1. The van der Waals surface area contributed by atoms with Crippen molar-refractivity contribution in [3.05, 3.63) is 47.2 Å². The van der Waals surface area contributed by atoms with Crippen molar-refractivity contribution in [3.63, 3.8) is 0 Å². The zero-order chi connectivity index (χ0) is 12.3. The Morgan fingerprint density at radius 2 is 2.24 bits per heavy atom. The van der Waals surface area contributed by atoms with Crippen molar-refractivity contribution in [1.29, 1.82) is 0 Å². The summed E-state index contributed by atoms with van der Waals surface area (Å²) in [6, 6.07) is 9.36. The van der Waals surface area contributed by atoms with Gasteiger partial charge in [-0.15, -0.1) is 0 Å². The Morgan fingerprint density at radius 3 is 2.94 bits per heavy atom. The van der Waals surface area contributed by atoms with E-state index in [1.165, 1.54) is 7.11 Å². The van der Waals surface area contributed by atoms with E-state index in [-0.39, 0.29) is 0 Å². The molecule has 0 saturated heterocycles. The largest absolute Gasteiger partial charge is 0.399 e. The fourth-order valence-electron chi connectivity index (χ4n) is 1.57. The van der Waals surface area contributed by atoms with Gasteiger partial charge in [-0.1, -0.05) is 22.8 Å². The van der Waals surface area contributed by atoms with Gasteiger partial charge >= 0.3 is 0 Å². The number of aromatic nitrogens is 2. The van der Waals surface area contributed by atoms with Crippen LogP contribution in [0.1, 0.15) is 12.6 Å². The molecule has 0 N–H and O–H groups in total. The third-order valence-electron chi connectivity index (χ3n) is 2.29. The summed E-state index contributed by atoms with van der Waals surface area (Å²) in [4.78, 5) is 4.76. The number of nitrogens with zero attached hydrogens (tertiary/aromatic N) is 3. The predicted molar refractivity (Wildman–Crippen MR) is 67.8 cm³/mol. The molecule has 0 aliphatic heterocycles. The fraction of sp³-hybridized carbons (Fsp3) is 0.167. The van der Waals surface area contributed by atoms with Crippen LogP contribution in [0.25, 0.3) is 5.69 Å². The van der Waals surface area contributed by atoms with Crippen LogP contribution < -0.4 is 0 Å². The summed E-state index contributed by atoms with van der Waals surface area (Å²) >= 11 is 5.96. The van der Waals surface area contributed by atoms with Crippen molar-refractivity contribution in [3.8, 4) is 5.69 Å². The van der Waals surface area contributed by atoms with E-state index in [1.807, 2.05) is 37.3 Å². The Hall–Kier alpha value is -1.81. The average Bonchev–Trinajstić information content (AvgIpc) is 2.78. The molecule has 4 nitrogen and oxygen atoms in total. The number of rotatable bonds is 3. The molecule has 0 saturated carbocycles. The minimum absolute atomic E-state index is 0.672.